The van der Waals surface area contributed by atoms with Crippen molar-refractivity contribution in [3.63, 3.8) is 0 Å². The number of rotatable bonds is 6. The van der Waals surface area contributed by atoms with E-state index in [0.29, 0.717) is 12.0 Å². The van der Waals surface area contributed by atoms with Gasteiger partial charge in [-0.3, -0.25) is 0 Å². The molecule has 2 nitrogen and oxygen atoms in total. The minimum atomic E-state index is -0.737. The molecular formula is C13H19F2NO. The molecule has 96 valence electrons. The Morgan fingerprint density at radius 3 is 2.24 bits per heavy atom. The van der Waals surface area contributed by atoms with Crippen molar-refractivity contribution in [1.82, 2.24) is 0 Å². The summed E-state index contributed by atoms with van der Waals surface area (Å²) in [5.41, 5.74) is 5.39. The van der Waals surface area contributed by atoms with Crippen LogP contribution < -0.4 is 5.73 Å². The Hall–Kier alpha value is -1.00. The Morgan fingerprint density at radius 2 is 1.82 bits per heavy atom. The number of hydrogen-bond donors (Lipinski definition) is 2. The third-order valence-corrected chi connectivity index (χ3v) is 3.18. The van der Waals surface area contributed by atoms with Gasteiger partial charge in [0, 0.05) is 18.0 Å². The lowest BCUT2D eigenvalue weighted by Gasteiger charge is -2.31. The van der Waals surface area contributed by atoms with Crippen LogP contribution in [0.5, 0.6) is 0 Å². The molecule has 0 aliphatic rings. The van der Waals surface area contributed by atoms with E-state index in [2.05, 4.69) is 0 Å². The van der Waals surface area contributed by atoms with Crippen LogP contribution in [0.1, 0.15) is 31.7 Å². The number of halogens is 2. The second-order valence-electron chi connectivity index (χ2n) is 4.40. The smallest absolute Gasteiger partial charge is 0.126 e. The third-order valence-electron chi connectivity index (χ3n) is 3.18. The van der Waals surface area contributed by atoms with Crippen LogP contribution in [-0.2, 0) is 5.41 Å². The topological polar surface area (TPSA) is 46.2 Å². The van der Waals surface area contributed by atoms with Crippen molar-refractivity contribution in [2.75, 3.05) is 13.2 Å². The second kappa shape index (κ2) is 6.07. The summed E-state index contributed by atoms with van der Waals surface area (Å²) in [6.45, 7) is 1.99. The van der Waals surface area contributed by atoms with Crippen LogP contribution in [0.3, 0.4) is 0 Å². The van der Waals surface area contributed by atoms with Crippen LogP contribution in [0, 0.1) is 11.6 Å². The molecule has 0 aromatic heterocycles. The quantitative estimate of drug-likeness (QED) is 0.805. The molecule has 4 heteroatoms. The van der Waals surface area contributed by atoms with Crippen LogP contribution in [-0.4, -0.2) is 18.3 Å². The zero-order valence-electron chi connectivity index (χ0n) is 10.0. The van der Waals surface area contributed by atoms with Crippen LogP contribution in [0.25, 0.3) is 0 Å². The monoisotopic (exact) mass is 243 g/mol. The summed E-state index contributed by atoms with van der Waals surface area (Å²) in [5, 5.41) is 9.51. The summed E-state index contributed by atoms with van der Waals surface area (Å²) in [5.74, 6) is -1.27. The molecule has 3 N–H and O–H groups in total. The standard InChI is InChI=1S/C13H19F2NO/c1-2-3-4-13(8-16,9-17)10-5-11(14)7-12(15)6-10/h5-7,17H,2-4,8-9,16H2,1H3. The molecule has 0 saturated heterocycles. The maximum Gasteiger partial charge on any atom is 0.126 e. The Kier molecular flexibility index (Phi) is 5.02. The molecule has 0 aliphatic carbocycles. The molecule has 0 spiro atoms. The van der Waals surface area contributed by atoms with Gasteiger partial charge in [-0.25, -0.2) is 8.78 Å². The zero-order valence-corrected chi connectivity index (χ0v) is 10.0. The molecule has 17 heavy (non-hydrogen) atoms. The lowest BCUT2D eigenvalue weighted by atomic mass is 9.77. The normalized spacial score (nSPS) is 14.6. The van der Waals surface area contributed by atoms with E-state index < -0.39 is 17.0 Å². The number of benzene rings is 1. The average Bonchev–Trinajstić information content (AvgIpc) is 2.30. The number of unbranched alkanes of at least 4 members (excludes halogenated alkanes) is 1. The van der Waals surface area contributed by atoms with Crippen LogP contribution in [0.4, 0.5) is 8.78 Å². The van der Waals surface area contributed by atoms with E-state index in [9.17, 15) is 13.9 Å². The number of aliphatic hydroxyl groups excluding tert-OH is 1. The fourth-order valence-electron chi connectivity index (χ4n) is 1.97. The van der Waals surface area contributed by atoms with Gasteiger partial charge < -0.3 is 10.8 Å². The van der Waals surface area contributed by atoms with Crippen molar-refractivity contribution in [1.29, 1.82) is 0 Å². The molecule has 0 bridgehead atoms. The molecular weight excluding hydrogens is 224 g/mol. The van der Waals surface area contributed by atoms with Gasteiger partial charge in [0.2, 0.25) is 0 Å². The van der Waals surface area contributed by atoms with Crippen molar-refractivity contribution in [2.45, 2.75) is 31.6 Å². The van der Waals surface area contributed by atoms with Crippen LogP contribution >= 0.6 is 0 Å². The molecule has 0 fully saturated rings. The maximum atomic E-state index is 13.2. The van der Waals surface area contributed by atoms with E-state index in [0.717, 1.165) is 18.9 Å². The number of hydrogen-bond acceptors (Lipinski definition) is 2. The molecule has 1 aromatic carbocycles. The molecule has 0 aliphatic heterocycles. The zero-order chi connectivity index (χ0) is 12.9. The first-order chi connectivity index (χ1) is 8.07. The molecule has 0 saturated carbocycles. The van der Waals surface area contributed by atoms with Crippen molar-refractivity contribution < 1.29 is 13.9 Å². The predicted octanol–water partition coefficient (Wildman–Crippen LogP) is 2.34. The first kappa shape index (κ1) is 14.1. The molecule has 0 amide bonds. The van der Waals surface area contributed by atoms with Gasteiger partial charge in [-0.05, 0) is 24.1 Å². The van der Waals surface area contributed by atoms with Gasteiger partial charge in [-0.1, -0.05) is 19.8 Å². The SMILES string of the molecule is CCCCC(CN)(CO)c1cc(F)cc(F)c1. The Morgan fingerprint density at radius 1 is 1.24 bits per heavy atom. The highest BCUT2D eigenvalue weighted by Crippen LogP contribution is 2.30. The molecule has 1 aromatic rings. The van der Waals surface area contributed by atoms with Crippen molar-refractivity contribution in [2.24, 2.45) is 5.73 Å². The van der Waals surface area contributed by atoms with Crippen LogP contribution in [0.15, 0.2) is 18.2 Å². The lowest BCUT2D eigenvalue weighted by Crippen LogP contribution is -2.39. The second-order valence-corrected chi connectivity index (χ2v) is 4.40. The van der Waals surface area contributed by atoms with E-state index in [-0.39, 0.29) is 13.2 Å². The molecule has 0 radical (unpaired) electrons. The van der Waals surface area contributed by atoms with Gasteiger partial charge in [-0.2, -0.15) is 0 Å². The Bertz CT molecular complexity index is 344. The number of aliphatic hydroxyl groups is 1. The highest BCUT2D eigenvalue weighted by Gasteiger charge is 2.30. The number of nitrogens with two attached hydrogens (primary N) is 1. The van der Waals surface area contributed by atoms with E-state index in [1.165, 1.54) is 12.1 Å². The van der Waals surface area contributed by atoms with Crippen LogP contribution in [0.2, 0.25) is 0 Å². The highest BCUT2D eigenvalue weighted by atomic mass is 19.1. The van der Waals surface area contributed by atoms with Gasteiger partial charge in [0.15, 0.2) is 0 Å². The largest absolute Gasteiger partial charge is 0.395 e. The summed E-state index contributed by atoms with van der Waals surface area (Å²) in [7, 11) is 0. The minimum Gasteiger partial charge on any atom is -0.395 e. The van der Waals surface area contributed by atoms with Gasteiger partial charge in [-0.15, -0.1) is 0 Å². The first-order valence-electron chi connectivity index (χ1n) is 5.85. The average molecular weight is 243 g/mol. The molecule has 1 rings (SSSR count). The summed E-state index contributed by atoms with van der Waals surface area (Å²) in [6.07, 6.45) is 2.43. The summed E-state index contributed by atoms with van der Waals surface area (Å²) < 4.78 is 26.4. The lowest BCUT2D eigenvalue weighted by molar-refractivity contribution is 0.185. The van der Waals surface area contributed by atoms with Crippen molar-refractivity contribution >= 4 is 0 Å². The molecule has 1 unspecified atom stereocenters. The van der Waals surface area contributed by atoms with Gasteiger partial charge in [0.25, 0.3) is 0 Å². The molecule has 1 atom stereocenters. The highest BCUT2D eigenvalue weighted by molar-refractivity contribution is 5.27. The Labute approximate surface area is 100 Å². The van der Waals surface area contributed by atoms with Gasteiger partial charge in [0.1, 0.15) is 11.6 Å². The maximum absolute atomic E-state index is 13.2. The molecule has 0 heterocycles. The van der Waals surface area contributed by atoms with Gasteiger partial charge >= 0.3 is 0 Å². The van der Waals surface area contributed by atoms with Gasteiger partial charge in [0.05, 0.1) is 6.61 Å². The summed E-state index contributed by atoms with van der Waals surface area (Å²) in [4.78, 5) is 0. The van der Waals surface area contributed by atoms with E-state index in [1.807, 2.05) is 6.92 Å². The fraction of sp³-hybridized carbons (Fsp3) is 0.538. The van der Waals surface area contributed by atoms with Crippen molar-refractivity contribution in [3.8, 4) is 0 Å². The summed E-state index contributed by atoms with van der Waals surface area (Å²) >= 11 is 0. The first-order valence-corrected chi connectivity index (χ1v) is 5.85. The Balaban J connectivity index is 3.11. The van der Waals surface area contributed by atoms with E-state index in [1.54, 1.807) is 0 Å². The van der Waals surface area contributed by atoms with E-state index in [4.69, 9.17) is 5.73 Å². The van der Waals surface area contributed by atoms with Crippen molar-refractivity contribution in [3.05, 3.63) is 35.4 Å². The third kappa shape index (κ3) is 3.23. The summed E-state index contributed by atoms with van der Waals surface area (Å²) in [6, 6.07) is 3.33. The van der Waals surface area contributed by atoms with E-state index >= 15 is 0 Å². The fourth-order valence-corrected chi connectivity index (χ4v) is 1.97. The predicted molar refractivity (Wildman–Crippen MR) is 63.7 cm³/mol. The minimum absolute atomic E-state index is 0.173.